The predicted octanol–water partition coefficient (Wildman–Crippen LogP) is 0.538. The van der Waals surface area contributed by atoms with Gasteiger partial charge in [0.2, 0.25) is 0 Å². The topological polar surface area (TPSA) is 85.3 Å². The molecule has 2 unspecified atom stereocenters. The fourth-order valence-electron chi connectivity index (χ4n) is 1.93. The summed E-state index contributed by atoms with van der Waals surface area (Å²) in [5.74, 6) is -0.778. The van der Waals surface area contributed by atoms with E-state index in [1.807, 2.05) is 0 Å². The van der Waals surface area contributed by atoms with Crippen LogP contribution in [-0.2, 0) is 19.0 Å². The summed E-state index contributed by atoms with van der Waals surface area (Å²) in [6.07, 6.45) is -1.13. The Balaban J connectivity index is 2.64. The first-order chi connectivity index (χ1) is 8.60. The van der Waals surface area contributed by atoms with Crippen molar-refractivity contribution in [2.45, 2.75) is 19.4 Å². The molecule has 1 N–H and O–H groups in total. The van der Waals surface area contributed by atoms with Crippen LogP contribution in [0.4, 0.5) is 4.79 Å². The summed E-state index contributed by atoms with van der Waals surface area (Å²) in [5.41, 5.74) is 0. The minimum atomic E-state index is -1.01. The van der Waals surface area contributed by atoms with Gasteiger partial charge in [0.1, 0.15) is 6.79 Å². The van der Waals surface area contributed by atoms with Crippen LogP contribution in [0.25, 0.3) is 0 Å². The van der Waals surface area contributed by atoms with Crippen LogP contribution in [-0.4, -0.2) is 61.8 Å². The van der Waals surface area contributed by atoms with Gasteiger partial charge in [-0.1, -0.05) is 0 Å². The first-order valence-corrected chi connectivity index (χ1v) is 5.85. The van der Waals surface area contributed by atoms with E-state index in [-0.39, 0.29) is 19.3 Å². The molecule has 0 aromatic heterocycles. The Kier molecular flexibility index (Phi) is 5.87. The first kappa shape index (κ1) is 14.7. The molecule has 0 radical (unpaired) electrons. The first-order valence-electron chi connectivity index (χ1n) is 5.85. The van der Waals surface area contributed by atoms with Gasteiger partial charge in [0.05, 0.1) is 25.2 Å². The van der Waals surface area contributed by atoms with Crippen molar-refractivity contribution in [2.75, 3.05) is 33.6 Å². The quantitative estimate of drug-likeness (QED) is 0.574. The molecule has 2 atom stereocenters. The summed E-state index contributed by atoms with van der Waals surface area (Å²) >= 11 is 0. The van der Waals surface area contributed by atoms with E-state index >= 15 is 0 Å². The largest absolute Gasteiger partial charge is 0.466 e. The number of nitrogens with zero attached hydrogens (tertiary/aromatic N) is 1. The molecule has 1 aliphatic heterocycles. The molecule has 1 heterocycles. The van der Waals surface area contributed by atoms with Crippen LogP contribution in [0.1, 0.15) is 13.3 Å². The van der Waals surface area contributed by atoms with Crippen LogP contribution in [0.5, 0.6) is 0 Å². The standard InChI is InChI=1S/C11H19NO6/c1-3-17-10(13)8-4-5-12(11(14)15)6-9(8)18-7-16-2/h8-9H,3-7H2,1-2H3,(H,14,15). The maximum atomic E-state index is 11.7. The fourth-order valence-corrected chi connectivity index (χ4v) is 1.93. The van der Waals surface area contributed by atoms with E-state index in [1.165, 1.54) is 12.0 Å². The minimum Gasteiger partial charge on any atom is -0.466 e. The summed E-state index contributed by atoms with van der Waals surface area (Å²) in [6, 6.07) is 0. The normalized spacial score (nSPS) is 23.8. The van der Waals surface area contributed by atoms with E-state index in [2.05, 4.69) is 0 Å². The van der Waals surface area contributed by atoms with Gasteiger partial charge in [0.25, 0.3) is 0 Å². The fraction of sp³-hybridized carbons (Fsp3) is 0.818. The average molecular weight is 261 g/mol. The van der Waals surface area contributed by atoms with Crippen LogP contribution in [0.15, 0.2) is 0 Å². The van der Waals surface area contributed by atoms with Gasteiger partial charge in [0.15, 0.2) is 0 Å². The summed E-state index contributed by atoms with van der Waals surface area (Å²) < 4.78 is 15.1. The van der Waals surface area contributed by atoms with Gasteiger partial charge >= 0.3 is 12.1 Å². The molecule has 7 nitrogen and oxygen atoms in total. The molecule has 0 spiro atoms. The molecule has 18 heavy (non-hydrogen) atoms. The number of likely N-dealkylation sites (tertiary alicyclic amines) is 1. The number of carbonyl (C=O) groups is 2. The lowest BCUT2D eigenvalue weighted by Crippen LogP contribution is -2.50. The van der Waals surface area contributed by atoms with Gasteiger partial charge in [-0.3, -0.25) is 4.79 Å². The molecule has 104 valence electrons. The average Bonchev–Trinajstić information content (AvgIpc) is 2.36. The van der Waals surface area contributed by atoms with Crippen LogP contribution in [0.2, 0.25) is 0 Å². The van der Waals surface area contributed by atoms with Crippen molar-refractivity contribution in [3.05, 3.63) is 0 Å². The van der Waals surface area contributed by atoms with E-state index in [0.717, 1.165) is 0 Å². The SMILES string of the molecule is CCOC(=O)C1CCN(C(=O)O)CC1OCOC. The molecule has 1 rings (SSSR count). The third-order valence-electron chi connectivity index (χ3n) is 2.82. The summed E-state index contributed by atoms with van der Waals surface area (Å²) in [6.45, 7) is 2.52. The summed E-state index contributed by atoms with van der Waals surface area (Å²) in [4.78, 5) is 23.9. The third kappa shape index (κ3) is 3.85. The number of rotatable bonds is 5. The second-order valence-corrected chi connectivity index (χ2v) is 3.99. The predicted molar refractivity (Wildman–Crippen MR) is 61.1 cm³/mol. The highest BCUT2D eigenvalue weighted by Gasteiger charge is 2.37. The molecule has 7 heteroatoms. The Morgan fingerprint density at radius 3 is 2.72 bits per heavy atom. The molecule has 1 amide bonds. The number of hydrogen-bond acceptors (Lipinski definition) is 5. The van der Waals surface area contributed by atoms with Crippen molar-refractivity contribution < 1.29 is 28.9 Å². The van der Waals surface area contributed by atoms with Crippen molar-refractivity contribution in [3.8, 4) is 0 Å². The molecule has 0 aromatic carbocycles. The van der Waals surface area contributed by atoms with Crippen molar-refractivity contribution in [1.29, 1.82) is 0 Å². The zero-order valence-corrected chi connectivity index (χ0v) is 10.6. The second kappa shape index (κ2) is 7.17. The number of methoxy groups -OCH3 is 1. The van der Waals surface area contributed by atoms with E-state index < -0.39 is 18.1 Å². The Bertz CT molecular complexity index is 295. The molecule has 0 aromatic rings. The Morgan fingerprint density at radius 2 is 2.17 bits per heavy atom. The monoisotopic (exact) mass is 261 g/mol. The molecule has 0 bridgehead atoms. The Hall–Kier alpha value is -1.34. The van der Waals surface area contributed by atoms with Crippen LogP contribution in [0.3, 0.4) is 0 Å². The highest BCUT2D eigenvalue weighted by molar-refractivity contribution is 5.74. The number of carboxylic acid groups (broad SMARTS) is 1. The zero-order valence-electron chi connectivity index (χ0n) is 10.6. The van der Waals surface area contributed by atoms with Crippen LogP contribution >= 0.6 is 0 Å². The molecule has 1 aliphatic rings. The number of esters is 1. The van der Waals surface area contributed by atoms with Crippen LogP contribution < -0.4 is 0 Å². The number of hydrogen-bond donors (Lipinski definition) is 1. The van der Waals surface area contributed by atoms with Gasteiger partial charge in [-0.05, 0) is 13.3 Å². The molecule has 0 aliphatic carbocycles. The maximum Gasteiger partial charge on any atom is 0.407 e. The Labute approximate surface area is 106 Å². The van der Waals surface area contributed by atoms with Crippen molar-refractivity contribution in [1.82, 2.24) is 4.90 Å². The highest BCUT2D eigenvalue weighted by Crippen LogP contribution is 2.22. The summed E-state index contributed by atoms with van der Waals surface area (Å²) in [7, 11) is 1.47. The van der Waals surface area contributed by atoms with Crippen molar-refractivity contribution >= 4 is 12.1 Å². The van der Waals surface area contributed by atoms with Gasteiger partial charge in [-0.15, -0.1) is 0 Å². The number of piperidine rings is 1. The van der Waals surface area contributed by atoms with E-state index in [4.69, 9.17) is 19.3 Å². The number of ether oxygens (including phenoxy) is 3. The van der Waals surface area contributed by atoms with Gasteiger partial charge in [-0.2, -0.15) is 0 Å². The van der Waals surface area contributed by atoms with E-state index in [9.17, 15) is 9.59 Å². The second-order valence-electron chi connectivity index (χ2n) is 3.99. The molecular formula is C11H19NO6. The Morgan fingerprint density at radius 1 is 1.44 bits per heavy atom. The minimum absolute atomic E-state index is 0.0219. The van der Waals surface area contributed by atoms with Crippen molar-refractivity contribution in [3.63, 3.8) is 0 Å². The molecule has 1 saturated heterocycles. The van der Waals surface area contributed by atoms with Crippen LogP contribution in [0, 0.1) is 5.92 Å². The molecular weight excluding hydrogens is 242 g/mol. The van der Waals surface area contributed by atoms with Crippen molar-refractivity contribution in [2.24, 2.45) is 5.92 Å². The van der Waals surface area contributed by atoms with E-state index in [0.29, 0.717) is 19.6 Å². The lowest BCUT2D eigenvalue weighted by atomic mass is 9.94. The highest BCUT2D eigenvalue weighted by atomic mass is 16.7. The van der Waals surface area contributed by atoms with Gasteiger partial charge < -0.3 is 24.2 Å². The smallest absolute Gasteiger partial charge is 0.407 e. The van der Waals surface area contributed by atoms with E-state index in [1.54, 1.807) is 6.92 Å². The number of carbonyl (C=O) groups excluding carboxylic acids is 1. The third-order valence-corrected chi connectivity index (χ3v) is 2.82. The van der Waals surface area contributed by atoms with Gasteiger partial charge in [-0.25, -0.2) is 4.79 Å². The number of amides is 1. The zero-order chi connectivity index (χ0) is 13.5. The maximum absolute atomic E-state index is 11.7. The van der Waals surface area contributed by atoms with Gasteiger partial charge in [0, 0.05) is 13.7 Å². The molecule has 1 fully saturated rings. The lowest BCUT2D eigenvalue weighted by Gasteiger charge is -2.35. The summed E-state index contributed by atoms with van der Waals surface area (Å²) in [5, 5.41) is 8.93. The molecule has 0 saturated carbocycles. The lowest BCUT2D eigenvalue weighted by molar-refractivity contribution is -0.164.